The number of anilines is 1. The van der Waals surface area contributed by atoms with Crippen molar-refractivity contribution in [2.45, 2.75) is 31.5 Å². The lowest BCUT2D eigenvalue weighted by Gasteiger charge is -2.48. The van der Waals surface area contributed by atoms with Gasteiger partial charge in [-0.3, -0.25) is 0 Å². The van der Waals surface area contributed by atoms with Gasteiger partial charge in [0.25, 0.3) is 0 Å². The van der Waals surface area contributed by atoms with Crippen molar-refractivity contribution in [1.29, 1.82) is 0 Å². The molecule has 2 aromatic carbocycles. The number of nitrogens with one attached hydrogen (secondary N) is 1. The van der Waals surface area contributed by atoms with E-state index in [1.165, 1.54) is 0 Å². The summed E-state index contributed by atoms with van der Waals surface area (Å²) < 4.78 is 23.9. The molecule has 0 fully saturated rings. The number of ether oxygens (including phenoxy) is 2. The first-order valence-electron chi connectivity index (χ1n) is 8.85. The average molecular weight is 451 g/mol. The van der Waals surface area contributed by atoms with E-state index < -0.39 is 8.03 Å². The fourth-order valence-corrected chi connectivity index (χ4v) is 5.25. The van der Waals surface area contributed by atoms with Gasteiger partial charge in [-0.2, -0.15) is 4.89 Å². The predicted molar refractivity (Wildman–Crippen MR) is 109 cm³/mol. The quantitative estimate of drug-likeness (QED) is 0.633. The van der Waals surface area contributed by atoms with Gasteiger partial charge in [0.1, 0.15) is 0 Å². The molecule has 1 unspecified atom stereocenters. The molecule has 0 spiro atoms. The summed E-state index contributed by atoms with van der Waals surface area (Å²) in [7, 11) is -0.543. The van der Waals surface area contributed by atoms with Gasteiger partial charge in [-0.1, -0.05) is 35.8 Å². The van der Waals surface area contributed by atoms with Crippen LogP contribution in [-0.2, 0) is 16.1 Å². The highest BCUT2D eigenvalue weighted by Gasteiger charge is 2.47. The van der Waals surface area contributed by atoms with Crippen LogP contribution in [0.5, 0.6) is 11.5 Å². The van der Waals surface area contributed by atoms with Gasteiger partial charge in [0.05, 0.1) is 19.8 Å². The summed E-state index contributed by atoms with van der Waals surface area (Å²) in [5, 5.41) is 3.68. The Hall–Kier alpha value is -1.62. The Kier molecular flexibility index (Phi) is 4.69. The molecule has 4 rings (SSSR count). The Morgan fingerprint density at radius 2 is 2.15 bits per heavy atom. The molecule has 2 aromatic rings. The van der Waals surface area contributed by atoms with Crippen LogP contribution in [0.3, 0.4) is 0 Å². The van der Waals surface area contributed by atoms with E-state index in [2.05, 4.69) is 47.2 Å². The lowest BCUT2D eigenvalue weighted by molar-refractivity contribution is 0.131. The fraction of sp³-hybridized carbons (Fsp3) is 0.400. The van der Waals surface area contributed by atoms with Crippen LogP contribution in [0.1, 0.15) is 36.6 Å². The first-order valence-corrected chi connectivity index (χ1v) is 11.0. The van der Waals surface area contributed by atoms with Gasteiger partial charge in [0, 0.05) is 32.6 Å². The number of hydrogen-bond donors (Lipinski definition) is 2. The zero-order valence-electron chi connectivity index (χ0n) is 15.5. The third kappa shape index (κ3) is 3.14. The van der Waals surface area contributed by atoms with E-state index in [0.717, 1.165) is 38.3 Å². The molecule has 7 heteroatoms. The normalized spacial score (nSPS) is 22.5. The Bertz CT molecular complexity index is 930. The van der Waals surface area contributed by atoms with Gasteiger partial charge >= 0.3 is 8.03 Å². The molecule has 2 N–H and O–H groups in total. The van der Waals surface area contributed by atoms with Crippen molar-refractivity contribution in [3.8, 4) is 11.5 Å². The molecule has 0 bridgehead atoms. The average Bonchev–Trinajstić information content (AvgIpc) is 2.61. The van der Waals surface area contributed by atoms with E-state index in [4.69, 9.17) is 9.47 Å². The van der Waals surface area contributed by atoms with Gasteiger partial charge in [0.2, 0.25) is 6.16 Å². The van der Waals surface area contributed by atoms with Gasteiger partial charge in [0.15, 0.2) is 11.5 Å². The Balaban J connectivity index is 1.81. The molecule has 0 saturated heterocycles. The fourth-order valence-electron chi connectivity index (χ4n) is 4.29. The highest BCUT2D eigenvalue weighted by atomic mass is 79.9. The maximum atomic E-state index is 11.3. The minimum Gasteiger partial charge on any atom is -0.493 e. The number of fused-ring (bicyclic) bond motifs is 4. The van der Waals surface area contributed by atoms with Crippen molar-refractivity contribution < 1.29 is 18.9 Å². The summed E-state index contributed by atoms with van der Waals surface area (Å²) in [4.78, 5) is 9.27. The van der Waals surface area contributed by atoms with Crippen LogP contribution in [0.4, 0.5) is 5.69 Å². The standard InChI is InChI=1S/C20H21BrNO4P/c1-20(2)14-6-11(10-27(23)24)4-5-16(14)22-18-13-7-12(21)8-17(25-3)19(13)26-9-15(18)20/h4-8,15,18,22H,9-10H2,1-3H3/p+1/t15-,18-/m1/s1. The molecular formula is C20H22BrNO4P+. The number of hydrogen-bond acceptors (Lipinski definition) is 4. The first kappa shape index (κ1) is 18.7. The summed E-state index contributed by atoms with van der Waals surface area (Å²) in [6.45, 7) is 5.01. The summed E-state index contributed by atoms with van der Waals surface area (Å²) in [5.41, 5.74) is 4.03. The number of rotatable bonds is 3. The number of methoxy groups -OCH3 is 1. The molecule has 27 heavy (non-hydrogen) atoms. The highest BCUT2D eigenvalue weighted by Crippen LogP contribution is 2.54. The molecule has 0 aromatic heterocycles. The van der Waals surface area contributed by atoms with E-state index >= 15 is 0 Å². The van der Waals surface area contributed by atoms with Crippen LogP contribution in [0.15, 0.2) is 34.8 Å². The lowest BCUT2D eigenvalue weighted by atomic mass is 9.65. The summed E-state index contributed by atoms with van der Waals surface area (Å²) >= 11 is 3.58. The first-order chi connectivity index (χ1) is 12.8. The van der Waals surface area contributed by atoms with Crippen LogP contribution in [-0.4, -0.2) is 18.6 Å². The van der Waals surface area contributed by atoms with E-state index in [9.17, 15) is 9.46 Å². The maximum Gasteiger partial charge on any atom is 0.510 e. The third-order valence-electron chi connectivity index (χ3n) is 5.75. The van der Waals surface area contributed by atoms with Crippen LogP contribution in [0.2, 0.25) is 0 Å². The van der Waals surface area contributed by atoms with Gasteiger partial charge in [-0.25, -0.2) is 0 Å². The minimum atomic E-state index is -2.19. The zero-order chi connectivity index (χ0) is 19.3. The second-order valence-corrected chi connectivity index (χ2v) is 9.61. The molecule has 2 aliphatic rings. The van der Waals surface area contributed by atoms with E-state index in [1.54, 1.807) is 7.11 Å². The molecule has 142 valence electrons. The largest absolute Gasteiger partial charge is 0.510 e. The molecule has 2 heterocycles. The molecule has 0 saturated carbocycles. The second-order valence-electron chi connectivity index (χ2n) is 7.68. The Morgan fingerprint density at radius 1 is 1.37 bits per heavy atom. The van der Waals surface area contributed by atoms with Crippen LogP contribution < -0.4 is 14.8 Å². The highest BCUT2D eigenvalue weighted by molar-refractivity contribution is 9.10. The van der Waals surface area contributed by atoms with E-state index in [-0.39, 0.29) is 23.5 Å². The van der Waals surface area contributed by atoms with Crippen molar-refractivity contribution in [2.75, 3.05) is 19.0 Å². The predicted octanol–water partition coefficient (Wildman–Crippen LogP) is 5.15. The molecule has 0 aliphatic carbocycles. The van der Waals surface area contributed by atoms with Gasteiger partial charge < -0.3 is 14.8 Å². The zero-order valence-corrected chi connectivity index (χ0v) is 17.9. The number of halogens is 1. The lowest BCUT2D eigenvalue weighted by Crippen LogP contribution is -2.46. The van der Waals surface area contributed by atoms with Gasteiger partial charge in [-0.15, -0.1) is 0 Å². The van der Waals surface area contributed by atoms with E-state index in [0.29, 0.717) is 6.61 Å². The third-order valence-corrected chi connectivity index (χ3v) is 6.84. The smallest absolute Gasteiger partial charge is 0.493 e. The van der Waals surface area contributed by atoms with E-state index in [1.807, 2.05) is 18.2 Å². The van der Waals surface area contributed by atoms with Crippen LogP contribution >= 0.6 is 24.0 Å². The number of benzene rings is 2. The minimum absolute atomic E-state index is 0.1000. The molecular weight excluding hydrogens is 429 g/mol. The molecule has 5 nitrogen and oxygen atoms in total. The maximum absolute atomic E-state index is 11.3. The summed E-state index contributed by atoms with van der Waals surface area (Å²) in [6, 6.07) is 10.1. The van der Waals surface area contributed by atoms with Crippen molar-refractivity contribution >= 4 is 29.6 Å². The molecule has 3 atom stereocenters. The summed E-state index contributed by atoms with van der Waals surface area (Å²) in [5.74, 6) is 1.74. The van der Waals surface area contributed by atoms with Crippen LogP contribution in [0, 0.1) is 5.92 Å². The van der Waals surface area contributed by atoms with Crippen LogP contribution in [0.25, 0.3) is 0 Å². The van der Waals surface area contributed by atoms with Crippen molar-refractivity contribution in [3.63, 3.8) is 0 Å². The van der Waals surface area contributed by atoms with Crippen molar-refractivity contribution in [1.82, 2.24) is 0 Å². The molecule has 0 radical (unpaired) electrons. The molecule has 0 amide bonds. The van der Waals surface area contributed by atoms with Crippen molar-refractivity contribution in [3.05, 3.63) is 51.5 Å². The summed E-state index contributed by atoms with van der Waals surface area (Å²) in [6.07, 6.45) is 0.177. The second kappa shape index (κ2) is 6.77. The van der Waals surface area contributed by atoms with Gasteiger partial charge in [-0.05, 0) is 34.4 Å². The Labute approximate surface area is 168 Å². The SMILES string of the molecule is COc1cc(Br)cc2c1OC[C@@H]1[C@@H]2Nc2ccc(C[P+](=O)O)cc2C1(C)C. The topological polar surface area (TPSA) is 67.8 Å². The monoisotopic (exact) mass is 450 g/mol. The Morgan fingerprint density at radius 3 is 2.85 bits per heavy atom. The molecule has 2 aliphatic heterocycles. The van der Waals surface area contributed by atoms with Crippen molar-refractivity contribution in [2.24, 2.45) is 5.92 Å².